The summed E-state index contributed by atoms with van der Waals surface area (Å²) in [5.41, 5.74) is 16.0. The molecule has 4 unspecified atom stereocenters. The molecule has 80 heavy (non-hydrogen) atoms. The summed E-state index contributed by atoms with van der Waals surface area (Å²) in [6.07, 6.45) is 0. The molecule has 2 fully saturated rings. The summed E-state index contributed by atoms with van der Waals surface area (Å²) < 4.78 is 1.34. The first-order chi connectivity index (χ1) is 37.5. The summed E-state index contributed by atoms with van der Waals surface area (Å²) in [6, 6.07) is 10.5. The number of hydrogen-bond donors (Lipinski definition) is 6. The van der Waals surface area contributed by atoms with E-state index >= 15 is 0 Å². The first kappa shape index (κ1) is 63.3. The van der Waals surface area contributed by atoms with E-state index in [4.69, 9.17) is 11.5 Å². The normalized spacial score (nSPS) is 18.8. The number of anilines is 2. The zero-order valence-corrected chi connectivity index (χ0v) is 53.2. The van der Waals surface area contributed by atoms with Gasteiger partial charge < -0.3 is 52.1 Å². The van der Waals surface area contributed by atoms with Crippen molar-refractivity contribution < 1.29 is 118 Å². The number of benzene rings is 2. The Morgan fingerprint density at radius 1 is 0.637 bits per heavy atom. The molecule has 2 aromatic carbocycles. The Bertz CT molecular complexity index is 3190. The number of aliphatic carboxylic acids is 2. The van der Waals surface area contributed by atoms with Crippen LogP contribution < -0.4 is 91.4 Å². The minimum Gasteiger partial charge on any atom is -0.543 e. The van der Waals surface area contributed by atoms with E-state index < -0.39 is 80.8 Å². The summed E-state index contributed by atoms with van der Waals surface area (Å²) in [6.45, 7) is 0. The molecule has 4 aliphatic heterocycles. The van der Waals surface area contributed by atoms with Crippen molar-refractivity contribution in [1.29, 1.82) is 0 Å². The fourth-order valence-electron chi connectivity index (χ4n) is 7.86. The van der Waals surface area contributed by atoms with E-state index in [0.717, 1.165) is 56.0 Å². The number of nitrogens with two attached hydrogens (primary N) is 2. The summed E-state index contributed by atoms with van der Waals surface area (Å²) in [5.74, 6) is -6.33. The van der Waals surface area contributed by atoms with Crippen molar-refractivity contribution in [1.82, 2.24) is 50.8 Å². The Balaban J connectivity index is 0.000000225. The van der Waals surface area contributed by atoms with Crippen LogP contribution in [0.3, 0.4) is 0 Å². The van der Waals surface area contributed by atoms with Gasteiger partial charge in [0.1, 0.15) is 44.4 Å². The molecular weight excluding hydrogens is 1260 g/mol. The number of carboxylic acids is 4. The summed E-state index contributed by atoms with van der Waals surface area (Å²) in [5, 5.41) is 64.3. The van der Waals surface area contributed by atoms with Gasteiger partial charge in [-0.3, -0.25) is 29.0 Å². The number of hydrogen-bond acceptors (Lipinski definition) is 28. The van der Waals surface area contributed by atoms with Crippen molar-refractivity contribution in [3.63, 3.8) is 0 Å². The first-order valence-corrected chi connectivity index (χ1v) is 31.4. The molecule has 4 aromatic heterocycles. The molecule has 2 saturated heterocycles. The van der Waals surface area contributed by atoms with Gasteiger partial charge in [0.15, 0.2) is 18.9 Å². The van der Waals surface area contributed by atoms with E-state index in [1.165, 1.54) is 81.9 Å². The van der Waals surface area contributed by atoms with Crippen molar-refractivity contribution in [2.24, 2.45) is 0 Å². The van der Waals surface area contributed by atoms with Gasteiger partial charge >= 0.3 is 71.1 Å². The third kappa shape index (κ3) is 14.2. The van der Waals surface area contributed by atoms with Crippen LogP contribution in [-0.2, 0) is 28.8 Å². The summed E-state index contributed by atoms with van der Waals surface area (Å²) in [4.78, 5) is 112. The Morgan fingerprint density at radius 3 is 1.35 bits per heavy atom. The molecule has 404 valence electrons. The Kier molecular flexibility index (Phi) is 22.5. The van der Waals surface area contributed by atoms with Crippen LogP contribution in [-0.4, -0.2) is 144 Å². The third-order valence-electron chi connectivity index (χ3n) is 11.3. The third-order valence-corrected chi connectivity index (χ3v) is 21.9. The predicted molar refractivity (Wildman–Crippen MR) is 292 cm³/mol. The number of fused-ring (bicyclic) bond motifs is 2. The van der Waals surface area contributed by atoms with Gasteiger partial charge in [0.25, 0.3) is 11.8 Å². The van der Waals surface area contributed by atoms with Crippen molar-refractivity contribution in [3.8, 4) is 0 Å². The molecule has 24 nitrogen and oxygen atoms in total. The Hall–Kier alpha value is -4.24. The molecule has 0 saturated carbocycles. The van der Waals surface area contributed by atoms with E-state index in [0.29, 0.717) is 64.0 Å². The number of nitrogens with one attached hydrogen (secondary N) is 2. The van der Waals surface area contributed by atoms with E-state index in [-0.39, 0.29) is 91.9 Å². The number of aromatic carboxylic acids is 2. The number of carbonyl (C=O) groups excluding carboxylic acids is 6. The van der Waals surface area contributed by atoms with Gasteiger partial charge in [-0.25, -0.2) is 19.6 Å². The van der Waals surface area contributed by atoms with Gasteiger partial charge in [-0.05, 0) is 35.4 Å². The molecule has 8 heterocycles. The number of thioether (sulfide) groups is 6. The van der Waals surface area contributed by atoms with E-state index in [2.05, 4.69) is 41.0 Å². The maximum Gasteiger partial charge on any atom is 1.00 e. The molecule has 6 aromatic rings. The second kappa shape index (κ2) is 28.4. The number of rotatable bonds is 20. The zero-order valence-electron chi connectivity index (χ0n) is 41.0. The number of nitrogens with zero attached hydrogens (tertiary/aromatic N) is 8. The number of thiazole rings is 2. The quantitative estimate of drug-likeness (QED) is 0.0247. The van der Waals surface area contributed by atoms with Crippen LogP contribution in [0.1, 0.15) is 42.6 Å². The summed E-state index contributed by atoms with van der Waals surface area (Å²) in [7, 11) is 0. The second-order valence-electron chi connectivity index (χ2n) is 16.1. The van der Waals surface area contributed by atoms with Gasteiger partial charge in [0.2, 0.25) is 11.8 Å². The predicted octanol–water partition coefficient (Wildman–Crippen LogP) is -3.38. The number of carboxylic acid groups (broad SMARTS) is 4. The molecule has 6 atom stereocenters. The monoisotopic (exact) mass is 1290 g/mol. The van der Waals surface area contributed by atoms with Crippen molar-refractivity contribution in [2.75, 3.05) is 34.5 Å². The van der Waals surface area contributed by atoms with E-state index in [1.807, 2.05) is 0 Å². The Labute approximate surface area is 537 Å². The molecule has 8 N–H and O–H groups in total. The van der Waals surface area contributed by atoms with Crippen LogP contribution in [0.5, 0.6) is 0 Å². The fourth-order valence-corrected chi connectivity index (χ4v) is 17.4. The number of aromatic nitrogens is 6. The van der Waals surface area contributed by atoms with Crippen LogP contribution in [0, 0.1) is 0 Å². The summed E-state index contributed by atoms with van der Waals surface area (Å²) >= 11 is 12.1. The van der Waals surface area contributed by atoms with E-state index in [1.54, 1.807) is 58.2 Å². The number of amides is 4. The fraction of sp³-hybridized carbons (Fsp3) is 0.227. The molecule has 0 aliphatic carbocycles. The molecule has 10 rings (SSSR count). The smallest absolute Gasteiger partial charge is 0.543 e. The molecule has 0 bridgehead atoms. The average Bonchev–Trinajstić information content (AvgIpc) is 4.31. The van der Waals surface area contributed by atoms with Crippen LogP contribution in [0.4, 0.5) is 10.3 Å². The van der Waals surface area contributed by atoms with Gasteiger partial charge in [-0.2, -0.15) is 0 Å². The average molecular weight is 1290 g/mol. The maximum atomic E-state index is 13.5. The SMILES string of the molecule is Nc1nc(C(Sc2ccccc2C(=O)O)C(=O)NC2C(=O)N3C(C(=O)[O-])=C(CSc4nncs4)CS[C@H]23)cs1.Nc1nc(C(Sc2ccccc2C(=O)O)C(=O)NC2C(=O)N3C(C(=O)[O-])=C(CSc4nncs4)CS[C@H]23)cs1.[Na+].[Na+]. The van der Waals surface area contributed by atoms with Crippen molar-refractivity contribution in [2.45, 2.75) is 51.8 Å². The first-order valence-electron chi connectivity index (χ1n) is 22.0. The molecule has 0 spiro atoms. The number of carbonyl (C=O) groups is 8. The molecule has 36 heteroatoms. The van der Waals surface area contributed by atoms with E-state index in [9.17, 15) is 58.8 Å². The minimum atomic E-state index is -1.47. The zero-order chi connectivity index (χ0) is 55.4. The number of nitrogen functional groups attached to an aromatic ring is 2. The van der Waals surface area contributed by atoms with Gasteiger partial charge in [-0.15, -0.1) is 90.1 Å². The Morgan fingerprint density at radius 2 is 1.02 bits per heavy atom. The maximum absolute atomic E-state index is 13.5. The van der Waals surface area contributed by atoms with Gasteiger partial charge in [0, 0.05) is 43.6 Å². The largest absolute Gasteiger partial charge is 1.00 e. The van der Waals surface area contributed by atoms with Crippen LogP contribution >= 0.6 is 116 Å². The van der Waals surface area contributed by atoms with Crippen LogP contribution in [0.15, 0.2) is 111 Å². The van der Waals surface area contributed by atoms with Crippen molar-refractivity contribution >= 4 is 174 Å². The molecule has 4 aliphatic rings. The standard InChI is InChI=1S/2C22H18N6O6S5.2Na/c2*23-21-25-11(7-36-21)15(39-12-4-2-1-3-10(12)19(31)32)16(29)26-13-17(30)28-14(20(33)34)9(5-35-18(13)28)6-37-22-27-24-8-38-22;;/h2*1-4,7-8,13,15,18H,5-6H2,(H2,23,25)(H,26,29)(H,31,32)(H,33,34);;/q;;2*+1/p-2/t2*13?,15?,18-;;/m11../s1. The molecule has 0 radical (unpaired) electrons. The van der Waals surface area contributed by atoms with Crippen LogP contribution in [0.2, 0.25) is 0 Å². The van der Waals surface area contributed by atoms with Crippen molar-refractivity contribution in [3.05, 3.63) is 115 Å². The van der Waals surface area contributed by atoms with Crippen LogP contribution in [0.25, 0.3) is 0 Å². The van der Waals surface area contributed by atoms with Gasteiger partial charge in [-0.1, -0.05) is 70.5 Å². The number of β-lactam (4-membered cyclic amide) rings is 2. The molecule has 4 amide bonds. The minimum absolute atomic E-state index is 0. The second-order valence-corrected chi connectivity index (χ2v) is 26.5. The molecular formula is C44H34N12Na2O12S10. The van der Waals surface area contributed by atoms with Gasteiger partial charge in [0.05, 0.1) is 45.8 Å². The topological polar surface area (TPSA) is 383 Å².